The highest BCUT2D eigenvalue weighted by Crippen LogP contribution is 2.15. The van der Waals surface area contributed by atoms with Gasteiger partial charge in [-0.05, 0) is 44.1 Å². The van der Waals surface area contributed by atoms with E-state index in [-0.39, 0.29) is 5.91 Å². The van der Waals surface area contributed by atoms with Gasteiger partial charge in [0.1, 0.15) is 0 Å². The van der Waals surface area contributed by atoms with Crippen LogP contribution in [-0.4, -0.2) is 37.0 Å². The minimum absolute atomic E-state index is 0.127. The van der Waals surface area contributed by atoms with Crippen LogP contribution in [0.2, 0.25) is 0 Å². The fourth-order valence-electron chi connectivity index (χ4n) is 2.57. The molecule has 0 aromatic heterocycles. The largest absolute Gasteiger partial charge is 0.399 e. The van der Waals surface area contributed by atoms with E-state index < -0.39 is 0 Å². The molecule has 0 spiro atoms. The van der Waals surface area contributed by atoms with Crippen LogP contribution < -0.4 is 16.8 Å². The van der Waals surface area contributed by atoms with E-state index in [4.69, 9.17) is 11.5 Å². The van der Waals surface area contributed by atoms with Crippen molar-refractivity contribution in [2.45, 2.75) is 25.7 Å². The first-order valence-electron chi connectivity index (χ1n) is 7.32. The summed E-state index contributed by atoms with van der Waals surface area (Å²) < 4.78 is 0. The van der Waals surface area contributed by atoms with Gasteiger partial charge in [0.15, 0.2) is 0 Å². The molecule has 0 bridgehead atoms. The zero-order chi connectivity index (χ0) is 14.4. The summed E-state index contributed by atoms with van der Waals surface area (Å²) in [6, 6.07) is 4.98. The molecule has 2 rings (SSSR count). The Labute approximate surface area is 120 Å². The number of hydrogen-bond donors (Lipinski definition) is 3. The van der Waals surface area contributed by atoms with Gasteiger partial charge in [0.2, 0.25) is 0 Å². The lowest BCUT2D eigenvalue weighted by atomic mass is 10.1. The summed E-state index contributed by atoms with van der Waals surface area (Å²) in [7, 11) is 0. The summed E-state index contributed by atoms with van der Waals surface area (Å²) in [6.45, 7) is 3.84. The number of carbonyl (C=O) groups is 1. The van der Waals surface area contributed by atoms with E-state index in [1.54, 1.807) is 18.2 Å². The third-order valence-corrected chi connectivity index (χ3v) is 3.73. The summed E-state index contributed by atoms with van der Waals surface area (Å²) in [6.07, 6.45) is 5.17. The lowest BCUT2D eigenvalue weighted by Crippen LogP contribution is -2.35. The van der Waals surface area contributed by atoms with E-state index in [1.165, 1.54) is 25.7 Å². The number of carbonyl (C=O) groups excluding carboxylic acids is 1. The fourth-order valence-corrected chi connectivity index (χ4v) is 2.57. The van der Waals surface area contributed by atoms with Gasteiger partial charge in [-0.2, -0.15) is 0 Å². The second-order valence-corrected chi connectivity index (χ2v) is 5.36. The number of hydrogen-bond acceptors (Lipinski definition) is 4. The molecule has 1 aliphatic heterocycles. The zero-order valence-electron chi connectivity index (χ0n) is 11.9. The monoisotopic (exact) mass is 276 g/mol. The van der Waals surface area contributed by atoms with Gasteiger partial charge in [-0.3, -0.25) is 4.79 Å². The van der Waals surface area contributed by atoms with Crippen LogP contribution >= 0.6 is 0 Å². The van der Waals surface area contributed by atoms with Gasteiger partial charge in [-0.1, -0.05) is 12.8 Å². The number of likely N-dealkylation sites (tertiary alicyclic amines) is 1. The molecule has 5 N–H and O–H groups in total. The molecule has 5 nitrogen and oxygen atoms in total. The summed E-state index contributed by atoms with van der Waals surface area (Å²) >= 11 is 0. The summed E-state index contributed by atoms with van der Waals surface area (Å²) in [5.41, 5.74) is 12.9. The molecule has 0 radical (unpaired) electrons. The number of rotatable bonds is 4. The first-order chi connectivity index (χ1) is 9.66. The number of anilines is 2. The van der Waals surface area contributed by atoms with Gasteiger partial charge in [-0.15, -0.1) is 0 Å². The van der Waals surface area contributed by atoms with E-state index in [0.29, 0.717) is 23.5 Å². The molecule has 110 valence electrons. The lowest BCUT2D eigenvalue weighted by molar-refractivity contribution is 0.0949. The van der Waals surface area contributed by atoms with Crippen molar-refractivity contribution in [2.24, 2.45) is 0 Å². The molecule has 1 aromatic carbocycles. The molecule has 0 saturated carbocycles. The van der Waals surface area contributed by atoms with Gasteiger partial charge < -0.3 is 21.7 Å². The van der Waals surface area contributed by atoms with E-state index in [0.717, 1.165) is 19.6 Å². The Morgan fingerprint density at radius 1 is 1.15 bits per heavy atom. The highest BCUT2D eigenvalue weighted by Gasteiger charge is 2.11. The number of nitrogens with one attached hydrogen (secondary N) is 1. The maximum absolute atomic E-state index is 12.0. The summed E-state index contributed by atoms with van der Waals surface area (Å²) in [5, 5.41) is 2.93. The highest BCUT2D eigenvalue weighted by atomic mass is 16.1. The highest BCUT2D eigenvalue weighted by molar-refractivity contribution is 5.99. The molecular formula is C15H24N4O. The third kappa shape index (κ3) is 4.13. The molecule has 1 heterocycles. The number of nitrogens with two attached hydrogens (primary N) is 2. The van der Waals surface area contributed by atoms with Crippen molar-refractivity contribution in [3.8, 4) is 0 Å². The predicted molar refractivity (Wildman–Crippen MR) is 82.5 cm³/mol. The van der Waals surface area contributed by atoms with Crippen molar-refractivity contribution in [1.82, 2.24) is 10.2 Å². The zero-order valence-corrected chi connectivity index (χ0v) is 11.9. The minimum Gasteiger partial charge on any atom is -0.399 e. The lowest BCUT2D eigenvalue weighted by Gasteiger charge is -2.19. The van der Waals surface area contributed by atoms with Crippen molar-refractivity contribution in [3.63, 3.8) is 0 Å². The predicted octanol–water partition coefficient (Wildman–Crippen LogP) is 1.46. The van der Waals surface area contributed by atoms with Crippen LogP contribution in [0, 0.1) is 0 Å². The van der Waals surface area contributed by atoms with Crippen molar-refractivity contribution in [2.75, 3.05) is 37.6 Å². The first-order valence-corrected chi connectivity index (χ1v) is 7.32. The molecule has 1 saturated heterocycles. The van der Waals surface area contributed by atoms with Crippen molar-refractivity contribution in [1.29, 1.82) is 0 Å². The van der Waals surface area contributed by atoms with Gasteiger partial charge in [0.05, 0.1) is 5.56 Å². The Bertz CT molecular complexity index is 453. The van der Waals surface area contributed by atoms with Crippen molar-refractivity contribution in [3.05, 3.63) is 23.8 Å². The maximum Gasteiger partial charge on any atom is 0.253 e. The van der Waals surface area contributed by atoms with E-state index in [2.05, 4.69) is 10.2 Å². The molecule has 0 unspecified atom stereocenters. The molecule has 0 atom stereocenters. The van der Waals surface area contributed by atoms with Gasteiger partial charge in [-0.25, -0.2) is 0 Å². The summed E-state index contributed by atoms with van der Waals surface area (Å²) in [4.78, 5) is 14.5. The van der Waals surface area contributed by atoms with Crippen LogP contribution in [0.15, 0.2) is 18.2 Å². The van der Waals surface area contributed by atoms with Crippen LogP contribution in [0.3, 0.4) is 0 Å². The number of benzene rings is 1. The second kappa shape index (κ2) is 7.14. The Balaban J connectivity index is 1.79. The average Bonchev–Trinajstić information content (AvgIpc) is 2.67. The Kier molecular flexibility index (Phi) is 5.24. The Morgan fingerprint density at radius 3 is 2.50 bits per heavy atom. The molecule has 1 amide bonds. The average molecular weight is 276 g/mol. The molecule has 1 aromatic rings. The molecule has 0 aliphatic carbocycles. The third-order valence-electron chi connectivity index (χ3n) is 3.73. The topological polar surface area (TPSA) is 84.4 Å². The standard InChI is InChI=1S/C15H24N4O/c16-12-5-6-13(14(17)11-12)15(20)18-7-10-19-8-3-1-2-4-9-19/h5-6,11H,1-4,7-10,16-17H2,(H,18,20). The van der Waals surface area contributed by atoms with Gasteiger partial charge in [0, 0.05) is 24.5 Å². The maximum atomic E-state index is 12.0. The van der Waals surface area contributed by atoms with Crippen molar-refractivity contribution >= 4 is 17.3 Å². The van der Waals surface area contributed by atoms with E-state index in [1.807, 2.05) is 0 Å². The van der Waals surface area contributed by atoms with E-state index >= 15 is 0 Å². The molecule has 20 heavy (non-hydrogen) atoms. The van der Waals surface area contributed by atoms with Gasteiger partial charge in [0.25, 0.3) is 5.91 Å². The minimum atomic E-state index is -0.127. The van der Waals surface area contributed by atoms with Crippen LogP contribution in [-0.2, 0) is 0 Å². The quantitative estimate of drug-likeness (QED) is 0.727. The Morgan fingerprint density at radius 2 is 1.85 bits per heavy atom. The second-order valence-electron chi connectivity index (χ2n) is 5.36. The van der Waals surface area contributed by atoms with Crippen LogP contribution in [0.1, 0.15) is 36.0 Å². The molecule has 1 aliphatic rings. The number of nitrogen functional groups attached to an aromatic ring is 2. The van der Waals surface area contributed by atoms with Crippen LogP contribution in [0.5, 0.6) is 0 Å². The van der Waals surface area contributed by atoms with E-state index in [9.17, 15) is 4.79 Å². The SMILES string of the molecule is Nc1ccc(C(=O)NCCN2CCCCCC2)c(N)c1. The smallest absolute Gasteiger partial charge is 0.253 e. The fraction of sp³-hybridized carbons (Fsp3) is 0.533. The normalized spacial score (nSPS) is 16.6. The number of nitrogens with zero attached hydrogens (tertiary/aromatic N) is 1. The van der Waals surface area contributed by atoms with Crippen LogP contribution in [0.4, 0.5) is 11.4 Å². The molecule has 1 fully saturated rings. The van der Waals surface area contributed by atoms with Gasteiger partial charge >= 0.3 is 0 Å². The Hall–Kier alpha value is -1.75. The number of amides is 1. The molecular weight excluding hydrogens is 252 g/mol. The summed E-state index contributed by atoms with van der Waals surface area (Å²) in [5.74, 6) is -0.127. The molecule has 5 heteroatoms. The van der Waals surface area contributed by atoms with Crippen LogP contribution in [0.25, 0.3) is 0 Å². The van der Waals surface area contributed by atoms with Crippen molar-refractivity contribution < 1.29 is 4.79 Å². The first kappa shape index (κ1) is 14.7.